The van der Waals surface area contributed by atoms with Gasteiger partial charge in [-0.2, -0.15) is 0 Å². The highest BCUT2D eigenvalue weighted by atomic mass is 19.1. The van der Waals surface area contributed by atoms with E-state index < -0.39 is 30.6 Å². The van der Waals surface area contributed by atoms with E-state index in [1.54, 1.807) is 0 Å². The van der Waals surface area contributed by atoms with Gasteiger partial charge in [0.05, 0.1) is 6.61 Å². The van der Waals surface area contributed by atoms with E-state index in [2.05, 4.69) is 0 Å². The number of aliphatic carboxylic acids is 1. The van der Waals surface area contributed by atoms with Gasteiger partial charge in [0.25, 0.3) is 0 Å². The third-order valence-corrected chi connectivity index (χ3v) is 2.15. The van der Waals surface area contributed by atoms with Crippen molar-refractivity contribution in [2.45, 2.75) is 18.8 Å². The molecule has 0 aromatic heterocycles. The van der Waals surface area contributed by atoms with Gasteiger partial charge in [-0.15, -0.1) is 0 Å². The van der Waals surface area contributed by atoms with Crippen LogP contribution in [0.4, 0.5) is 4.39 Å². The molecule has 0 amide bonds. The minimum Gasteiger partial charge on any atom is -0.479 e. The third kappa shape index (κ3) is 2.54. The Morgan fingerprint density at radius 1 is 1.38 bits per heavy atom. The number of benzene rings is 1. The molecule has 16 heavy (non-hydrogen) atoms. The van der Waals surface area contributed by atoms with Gasteiger partial charge in [0.1, 0.15) is 11.9 Å². The van der Waals surface area contributed by atoms with E-state index in [1.165, 1.54) is 6.07 Å². The van der Waals surface area contributed by atoms with Crippen LogP contribution in [0.25, 0.3) is 0 Å². The van der Waals surface area contributed by atoms with E-state index in [-0.39, 0.29) is 11.1 Å². The van der Waals surface area contributed by atoms with E-state index >= 15 is 0 Å². The van der Waals surface area contributed by atoms with Gasteiger partial charge in [-0.3, -0.25) is 0 Å². The maximum absolute atomic E-state index is 12.9. The highest BCUT2D eigenvalue weighted by Gasteiger charge is 2.27. The highest BCUT2D eigenvalue weighted by Crippen LogP contribution is 2.22. The molecule has 0 aliphatic heterocycles. The smallest absolute Gasteiger partial charge is 0.335 e. The molecule has 88 valence electrons. The first-order valence-corrected chi connectivity index (χ1v) is 4.45. The first-order valence-electron chi connectivity index (χ1n) is 4.45. The van der Waals surface area contributed by atoms with E-state index in [4.69, 9.17) is 15.3 Å². The van der Waals surface area contributed by atoms with Crippen molar-refractivity contribution in [1.82, 2.24) is 0 Å². The summed E-state index contributed by atoms with van der Waals surface area (Å²) in [6, 6.07) is 3.15. The van der Waals surface area contributed by atoms with Gasteiger partial charge in [0.2, 0.25) is 0 Å². The zero-order chi connectivity index (χ0) is 12.3. The number of rotatable bonds is 4. The molecule has 6 heteroatoms. The summed E-state index contributed by atoms with van der Waals surface area (Å²) in [6.07, 6.45) is -3.84. The van der Waals surface area contributed by atoms with Crippen molar-refractivity contribution >= 4 is 5.97 Å². The second-order valence-corrected chi connectivity index (χ2v) is 3.23. The van der Waals surface area contributed by atoms with Gasteiger partial charge in [-0.25, -0.2) is 9.18 Å². The van der Waals surface area contributed by atoms with Crippen LogP contribution in [0.15, 0.2) is 18.2 Å². The Morgan fingerprint density at radius 3 is 2.50 bits per heavy atom. The zero-order valence-electron chi connectivity index (χ0n) is 8.17. The summed E-state index contributed by atoms with van der Waals surface area (Å²) in [5.74, 6) is -2.32. The topological polar surface area (TPSA) is 98.0 Å². The maximum Gasteiger partial charge on any atom is 0.335 e. The van der Waals surface area contributed by atoms with Crippen molar-refractivity contribution in [1.29, 1.82) is 0 Å². The third-order valence-electron chi connectivity index (χ3n) is 2.15. The largest absolute Gasteiger partial charge is 0.479 e. The fraction of sp³-hybridized carbons (Fsp3) is 0.300. The van der Waals surface area contributed by atoms with Crippen LogP contribution in [0.2, 0.25) is 0 Å². The van der Waals surface area contributed by atoms with Crippen molar-refractivity contribution in [3.8, 4) is 0 Å². The number of aliphatic hydroxyl groups is 3. The number of hydrogen-bond acceptors (Lipinski definition) is 4. The van der Waals surface area contributed by atoms with Crippen molar-refractivity contribution in [2.75, 3.05) is 0 Å². The Bertz CT molecular complexity index is 393. The van der Waals surface area contributed by atoms with Gasteiger partial charge in [-0.05, 0) is 23.3 Å². The predicted molar refractivity (Wildman–Crippen MR) is 50.9 cm³/mol. The van der Waals surface area contributed by atoms with Gasteiger partial charge in [0.15, 0.2) is 6.10 Å². The fourth-order valence-corrected chi connectivity index (χ4v) is 1.29. The quantitative estimate of drug-likeness (QED) is 0.574. The van der Waals surface area contributed by atoms with Crippen molar-refractivity contribution in [3.63, 3.8) is 0 Å². The number of carbonyl (C=O) groups is 1. The molecule has 2 unspecified atom stereocenters. The Kier molecular flexibility index (Phi) is 3.94. The van der Waals surface area contributed by atoms with Gasteiger partial charge >= 0.3 is 5.97 Å². The second kappa shape index (κ2) is 5.02. The summed E-state index contributed by atoms with van der Waals surface area (Å²) in [6.45, 7) is -0.487. The minimum atomic E-state index is -2.06. The van der Waals surface area contributed by atoms with Crippen LogP contribution in [0.5, 0.6) is 0 Å². The van der Waals surface area contributed by atoms with Crippen LogP contribution in [0.3, 0.4) is 0 Å². The Labute approximate surface area is 90.4 Å². The van der Waals surface area contributed by atoms with Gasteiger partial charge in [0, 0.05) is 0 Å². The molecule has 0 heterocycles. The molecule has 0 saturated heterocycles. The van der Waals surface area contributed by atoms with Crippen LogP contribution in [-0.2, 0) is 11.4 Å². The molecule has 0 aliphatic carbocycles. The lowest BCUT2D eigenvalue weighted by Crippen LogP contribution is -2.28. The molecule has 1 rings (SSSR count). The SMILES string of the molecule is O=C(O)C(O)C(O)c1cc(F)ccc1CO. The standard InChI is InChI=1S/C10H11FO5/c11-6-2-1-5(4-12)7(3-6)8(13)9(14)10(15)16/h1-3,8-9,12-14H,4H2,(H,15,16). The number of hydrogen-bond donors (Lipinski definition) is 4. The second-order valence-electron chi connectivity index (χ2n) is 3.23. The van der Waals surface area contributed by atoms with Crippen LogP contribution in [0, 0.1) is 5.82 Å². The molecular weight excluding hydrogens is 219 g/mol. The monoisotopic (exact) mass is 230 g/mol. The van der Waals surface area contributed by atoms with Gasteiger partial charge < -0.3 is 20.4 Å². The summed E-state index contributed by atoms with van der Waals surface area (Å²) < 4.78 is 12.9. The summed E-state index contributed by atoms with van der Waals surface area (Å²) in [4.78, 5) is 10.4. The zero-order valence-corrected chi connectivity index (χ0v) is 8.17. The molecule has 4 N–H and O–H groups in total. The van der Waals surface area contributed by atoms with E-state index in [1.807, 2.05) is 0 Å². The summed E-state index contributed by atoms with van der Waals surface area (Å²) in [5, 5.41) is 36.0. The molecular formula is C10H11FO5. The molecule has 1 aromatic rings. The lowest BCUT2D eigenvalue weighted by Gasteiger charge is -2.17. The number of halogens is 1. The lowest BCUT2D eigenvalue weighted by atomic mass is 9.99. The molecule has 0 saturated carbocycles. The van der Waals surface area contributed by atoms with Crippen molar-refractivity contribution in [3.05, 3.63) is 35.1 Å². The Hall–Kier alpha value is -1.50. The normalized spacial score (nSPS) is 14.5. The molecule has 5 nitrogen and oxygen atoms in total. The first-order chi connectivity index (χ1) is 7.47. The number of aliphatic hydroxyl groups excluding tert-OH is 3. The molecule has 0 spiro atoms. The molecule has 2 atom stereocenters. The van der Waals surface area contributed by atoms with Crippen molar-refractivity contribution < 1.29 is 29.6 Å². The lowest BCUT2D eigenvalue weighted by molar-refractivity contribution is -0.153. The average Bonchev–Trinajstić information content (AvgIpc) is 2.26. The van der Waals surface area contributed by atoms with Crippen LogP contribution in [-0.4, -0.2) is 32.5 Å². The summed E-state index contributed by atoms with van der Waals surface area (Å²) >= 11 is 0. The molecule has 0 radical (unpaired) electrons. The van der Waals surface area contributed by atoms with Crippen molar-refractivity contribution in [2.24, 2.45) is 0 Å². The average molecular weight is 230 g/mol. The molecule has 0 fully saturated rings. The Balaban J connectivity index is 3.10. The molecule has 1 aromatic carbocycles. The van der Waals surface area contributed by atoms with E-state index in [0.717, 1.165) is 12.1 Å². The Morgan fingerprint density at radius 2 is 2.00 bits per heavy atom. The predicted octanol–water partition coefficient (Wildman–Crippen LogP) is -0.203. The number of carboxylic acids is 1. The van der Waals surface area contributed by atoms with E-state index in [9.17, 15) is 14.3 Å². The summed E-state index contributed by atoms with van der Waals surface area (Å²) in [5.41, 5.74) is 0.0200. The van der Waals surface area contributed by atoms with Crippen LogP contribution >= 0.6 is 0 Å². The highest BCUT2D eigenvalue weighted by molar-refractivity contribution is 5.73. The molecule has 0 aliphatic rings. The first kappa shape index (κ1) is 12.6. The minimum absolute atomic E-state index is 0.141. The van der Waals surface area contributed by atoms with Gasteiger partial charge in [-0.1, -0.05) is 6.07 Å². The fourth-order valence-electron chi connectivity index (χ4n) is 1.29. The van der Waals surface area contributed by atoms with Crippen LogP contribution in [0.1, 0.15) is 17.2 Å². The number of carboxylic acid groups (broad SMARTS) is 1. The summed E-state index contributed by atoms with van der Waals surface area (Å²) in [7, 11) is 0. The molecule has 0 bridgehead atoms. The van der Waals surface area contributed by atoms with Crippen LogP contribution < -0.4 is 0 Å². The maximum atomic E-state index is 12.9. The van der Waals surface area contributed by atoms with E-state index in [0.29, 0.717) is 0 Å².